The van der Waals surface area contributed by atoms with E-state index in [1.54, 1.807) is 7.11 Å². The predicted octanol–water partition coefficient (Wildman–Crippen LogP) is 2.98. The molecule has 4 atom stereocenters. The van der Waals surface area contributed by atoms with Crippen molar-refractivity contribution in [3.63, 3.8) is 0 Å². The van der Waals surface area contributed by atoms with Crippen LogP contribution in [-0.4, -0.2) is 52.0 Å². The van der Waals surface area contributed by atoms with E-state index in [0.717, 1.165) is 55.0 Å². The van der Waals surface area contributed by atoms with Gasteiger partial charge in [0, 0.05) is 30.3 Å². The molecule has 2 bridgehead atoms. The second kappa shape index (κ2) is 9.12. The number of methoxy groups -OCH3 is 1. The zero-order valence-electron chi connectivity index (χ0n) is 18.4. The van der Waals surface area contributed by atoms with Gasteiger partial charge in [0.2, 0.25) is 5.91 Å². The van der Waals surface area contributed by atoms with Crippen LogP contribution in [0.4, 0.5) is 0 Å². The molecule has 1 amide bonds. The third kappa shape index (κ3) is 4.25. The number of carbonyl (C=O) groups excluding carboxylic acids is 1. The Hall–Kier alpha value is -3.19. The Bertz CT molecular complexity index is 1070. The molecule has 3 fully saturated rings. The summed E-state index contributed by atoms with van der Waals surface area (Å²) in [4.78, 5) is 15.4. The fourth-order valence-corrected chi connectivity index (χ4v) is 5.13. The first kappa shape index (κ1) is 20.7. The van der Waals surface area contributed by atoms with E-state index in [0.29, 0.717) is 18.5 Å². The van der Waals surface area contributed by atoms with Gasteiger partial charge < -0.3 is 10.1 Å². The molecule has 3 aliphatic rings. The average molecular weight is 432 g/mol. The van der Waals surface area contributed by atoms with Crippen molar-refractivity contribution in [1.29, 1.82) is 0 Å². The van der Waals surface area contributed by atoms with Gasteiger partial charge in [0.25, 0.3) is 0 Å². The molecule has 1 N–H and O–H groups in total. The number of aromatic nitrogens is 3. The molecule has 4 heterocycles. The van der Waals surface area contributed by atoms with Crippen molar-refractivity contribution < 1.29 is 9.53 Å². The van der Waals surface area contributed by atoms with Crippen LogP contribution in [0.2, 0.25) is 0 Å². The van der Waals surface area contributed by atoms with Crippen LogP contribution in [0.1, 0.15) is 18.4 Å². The van der Waals surface area contributed by atoms with Gasteiger partial charge in [0.1, 0.15) is 11.4 Å². The molecule has 32 heavy (non-hydrogen) atoms. The van der Waals surface area contributed by atoms with Gasteiger partial charge in [0.15, 0.2) is 0 Å². The minimum atomic E-state index is 0.0466. The zero-order chi connectivity index (χ0) is 21.9. The zero-order valence-corrected chi connectivity index (χ0v) is 18.4. The molecule has 2 aromatic carbocycles. The van der Waals surface area contributed by atoms with Gasteiger partial charge in [-0.3, -0.25) is 14.4 Å². The Kier molecular flexibility index (Phi) is 5.90. The summed E-state index contributed by atoms with van der Waals surface area (Å²) in [7, 11) is 1.66. The van der Waals surface area contributed by atoms with E-state index in [1.807, 2.05) is 53.3 Å². The summed E-state index contributed by atoms with van der Waals surface area (Å²) in [5.74, 6) is 1.42. The molecule has 166 valence electrons. The van der Waals surface area contributed by atoms with Crippen LogP contribution in [-0.2, 0) is 17.9 Å². The minimum absolute atomic E-state index is 0.0466. The van der Waals surface area contributed by atoms with Gasteiger partial charge in [0.05, 0.1) is 25.8 Å². The lowest BCUT2D eigenvalue weighted by atomic mass is 9.75. The second-order valence-electron chi connectivity index (χ2n) is 8.76. The fraction of sp³-hybridized carbons (Fsp3) is 0.400. The summed E-state index contributed by atoms with van der Waals surface area (Å²) in [6.45, 7) is 3.17. The Morgan fingerprint density at radius 3 is 2.75 bits per heavy atom. The van der Waals surface area contributed by atoms with Gasteiger partial charge in [-0.15, -0.1) is 5.10 Å². The summed E-state index contributed by atoms with van der Waals surface area (Å²) < 4.78 is 7.35. The summed E-state index contributed by atoms with van der Waals surface area (Å²) in [6.07, 6.45) is 4.12. The molecule has 0 spiro atoms. The number of piperidine rings is 3. The van der Waals surface area contributed by atoms with E-state index in [2.05, 4.69) is 32.7 Å². The lowest BCUT2D eigenvalue weighted by molar-refractivity contribution is -0.133. The molecule has 1 unspecified atom stereocenters. The summed E-state index contributed by atoms with van der Waals surface area (Å²) in [5, 5.41) is 11.8. The summed E-state index contributed by atoms with van der Waals surface area (Å²) in [6, 6.07) is 18.4. The highest BCUT2D eigenvalue weighted by atomic mass is 16.5. The van der Waals surface area contributed by atoms with Gasteiger partial charge in [-0.25, -0.2) is 0 Å². The van der Waals surface area contributed by atoms with E-state index in [4.69, 9.17) is 4.74 Å². The highest BCUT2D eigenvalue weighted by molar-refractivity contribution is 5.79. The number of para-hydroxylation sites is 1. The van der Waals surface area contributed by atoms with Gasteiger partial charge in [-0.1, -0.05) is 53.7 Å². The van der Waals surface area contributed by atoms with Crippen LogP contribution < -0.4 is 10.1 Å². The van der Waals surface area contributed by atoms with E-state index in [-0.39, 0.29) is 11.8 Å². The normalized spacial score (nSPS) is 24.3. The summed E-state index contributed by atoms with van der Waals surface area (Å²) >= 11 is 0. The van der Waals surface area contributed by atoms with Crippen LogP contribution in [0.15, 0.2) is 60.8 Å². The molecule has 7 heteroatoms. The molecule has 3 aliphatic heterocycles. The van der Waals surface area contributed by atoms with Crippen LogP contribution in [0, 0.1) is 11.8 Å². The van der Waals surface area contributed by atoms with Crippen LogP contribution in [0.3, 0.4) is 0 Å². The first-order valence-corrected chi connectivity index (χ1v) is 11.3. The highest BCUT2D eigenvalue weighted by Gasteiger charge is 2.43. The maximum atomic E-state index is 13.0. The van der Waals surface area contributed by atoms with Crippen LogP contribution >= 0.6 is 0 Å². The third-order valence-electron chi connectivity index (χ3n) is 6.87. The number of benzene rings is 2. The fourth-order valence-electron chi connectivity index (χ4n) is 5.13. The highest BCUT2D eigenvalue weighted by Crippen LogP contribution is 2.37. The first-order valence-electron chi connectivity index (χ1n) is 11.3. The van der Waals surface area contributed by atoms with Crippen molar-refractivity contribution >= 4 is 5.91 Å². The number of rotatable bonds is 7. The first-order chi connectivity index (χ1) is 15.7. The van der Waals surface area contributed by atoms with Crippen molar-refractivity contribution in [2.75, 3.05) is 20.2 Å². The third-order valence-corrected chi connectivity index (χ3v) is 6.87. The number of fused-ring (bicyclic) bond motifs is 3. The van der Waals surface area contributed by atoms with Crippen molar-refractivity contribution in [3.8, 4) is 17.0 Å². The number of hydrogen-bond donors (Lipinski definition) is 1. The quantitative estimate of drug-likeness (QED) is 0.623. The van der Waals surface area contributed by atoms with E-state index < -0.39 is 0 Å². The molecule has 0 aliphatic carbocycles. The standard InChI is InChI=1S/C25H29N5O2/c1-32-24-10-6-5-9-20(24)14-26-25(31)22-16-29-12-11-19(22)13-21(29)15-30-17-23(27-28-30)18-7-3-2-4-8-18/h2-10,17,19,21-22H,11-16H2,1H3,(H,26,31)/t19-,21-,22+/m1/s1. The number of amides is 1. The minimum Gasteiger partial charge on any atom is -0.496 e. The number of ether oxygens (including phenoxy) is 1. The van der Waals surface area contributed by atoms with E-state index in [1.165, 1.54) is 0 Å². The number of hydrogen-bond acceptors (Lipinski definition) is 5. The van der Waals surface area contributed by atoms with E-state index >= 15 is 0 Å². The SMILES string of the molecule is COc1ccccc1CNC(=O)[C@H]1CN2CC[C@@H]1C[C@@H]2Cn1cc(-c2ccccc2)nn1. The van der Waals surface area contributed by atoms with Gasteiger partial charge >= 0.3 is 0 Å². The van der Waals surface area contributed by atoms with Crippen LogP contribution in [0.5, 0.6) is 5.75 Å². The molecule has 6 rings (SSSR count). The largest absolute Gasteiger partial charge is 0.496 e. The topological polar surface area (TPSA) is 72.3 Å². The molecule has 1 aromatic heterocycles. The molecule has 3 saturated heterocycles. The van der Waals surface area contributed by atoms with Gasteiger partial charge in [-0.2, -0.15) is 0 Å². The van der Waals surface area contributed by atoms with Crippen molar-refractivity contribution in [1.82, 2.24) is 25.2 Å². The second-order valence-corrected chi connectivity index (χ2v) is 8.76. The molecule has 0 saturated carbocycles. The predicted molar refractivity (Wildman–Crippen MR) is 122 cm³/mol. The Labute approximate surface area is 188 Å². The number of nitrogens with zero attached hydrogens (tertiary/aromatic N) is 4. The van der Waals surface area contributed by atoms with Crippen molar-refractivity contribution in [2.24, 2.45) is 11.8 Å². The van der Waals surface area contributed by atoms with E-state index in [9.17, 15) is 4.79 Å². The maximum Gasteiger partial charge on any atom is 0.224 e. The van der Waals surface area contributed by atoms with Crippen molar-refractivity contribution in [2.45, 2.75) is 32.0 Å². The van der Waals surface area contributed by atoms with Gasteiger partial charge in [-0.05, 0) is 31.4 Å². The molecule has 7 nitrogen and oxygen atoms in total. The van der Waals surface area contributed by atoms with Crippen molar-refractivity contribution in [3.05, 3.63) is 66.4 Å². The molecule has 0 radical (unpaired) electrons. The molecule has 3 aromatic rings. The molecular formula is C25H29N5O2. The average Bonchev–Trinajstić information content (AvgIpc) is 3.32. The Balaban J connectivity index is 1.19. The maximum absolute atomic E-state index is 13.0. The monoisotopic (exact) mass is 431 g/mol. The number of nitrogens with one attached hydrogen (secondary N) is 1. The lowest BCUT2D eigenvalue weighted by Gasteiger charge is -2.49. The molecular weight excluding hydrogens is 402 g/mol. The number of carbonyl (C=O) groups is 1. The summed E-state index contributed by atoms with van der Waals surface area (Å²) in [5.41, 5.74) is 2.98. The van der Waals surface area contributed by atoms with Crippen LogP contribution in [0.25, 0.3) is 11.3 Å². The lowest BCUT2D eigenvalue weighted by Crippen LogP contribution is -2.58. The Morgan fingerprint density at radius 2 is 1.97 bits per heavy atom. The smallest absolute Gasteiger partial charge is 0.224 e. The Morgan fingerprint density at radius 1 is 1.16 bits per heavy atom.